The summed E-state index contributed by atoms with van der Waals surface area (Å²) in [6, 6.07) is 4.65. The molecule has 1 fully saturated rings. The summed E-state index contributed by atoms with van der Waals surface area (Å²) in [7, 11) is 0. The summed E-state index contributed by atoms with van der Waals surface area (Å²) in [6.07, 6.45) is -1.14. The van der Waals surface area contributed by atoms with Crippen LogP contribution in [0.25, 0.3) is 5.69 Å². The van der Waals surface area contributed by atoms with Crippen molar-refractivity contribution in [1.29, 1.82) is 0 Å². The van der Waals surface area contributed by atoms with E-state index in [-0.39, 0.29) is 11.4 Å². The Morgan fingerprint density at radius 1 is 1.40 bits per heavy atom. The van der Waals surface area contributed by atoms with Crippen LogP contribution in [0.1, 0.15) is 35.8 Å². The Labute approximate surface area is 142 Å². The molecule has 0 spiro atoms. The first-order chi connectivity index (χ1) is 11.7. The molecule has 1 unspecified atom stereocenters. The van der Waals surface area contributed by atoms with Gasteiger partial charge in [-0.3, -0.25) is 4.79 Å². The number of carbonyl (C=O) groups excluding carboxylic acids is 1. The van der Waals surface area contributed by atoms with E-state index in [1.54, 1.807) is 0 Å². The number of amides is 1. The molecule has 1 aromatic heterocycles. The number of carbonyl (C=O) groups is 1. The average Bonchev–Trinajstić information content (AvgIpc) is 3.31. The predicted octanol–water partition coefficient (Wildman–Crippen LogP) is 2.14. The number of hydrogen-bond acceptors (Lipinski definition) is 4. The Hall–Kier alpha value is -2.42. The van der Waals surface area contributed by atoms with Crippen LogP contribution >= 0.6 is 0 Å². The summed E-state index contributed by atoms with van der Waals surface area (Å²) in [6.45, 7) is 2.17. The van der Waals surface area contributed by atoms with Gasteiger partial charge in [-0.25, -0.2) is 4.68 Å². The lowest BCUT2D eigenvalue weighted by molar-refractivity contribution is -0.137. The summed E-state index contributed by atoms with van der Waals surface area (Å²) in [5.74, 6) is -0.113. The Morgan fingerprint density at radius 2 is 2.12 bits per heavy atom. The molecule has 1 atom stereocenters. The maximum Gasteiger partial charge on any atom is 0.416 e. The fourth-order valence-corrected chi connectivity index (χ4v) is 2.68. The van der Waals surface area contributed by atoms with Crippen LogP contribution in [0.4, 0.5) is 13.2 Å². The van der Waals surface area contributed by atoms with Crippen LogP contribution in [0, 0.1) is 5.92 Å². The summed E-state index contributed by atoms with van der Waals surface area (Å²) < 4.78 is 39.5. The molecule has 3 rings (SSSR count). The lowest BCUT2D eigenvalue weighted by Gasteiger charge is -2.28. The molecule has 6 nitrogen and oxygen atoms in total. The third-order valence-corrected chi connectivity index (χ3v) is 4.47. The second-order valence-corrected chi connectivity index (χ2v) is 6.45. The van der Waals surface area contributed by atoms with Crippen molar-refractivity contribution in [3.05, 3.63) is 41.7 Å². The summed E-state index contributed by atoms with van der Waals surface area (Å²) in [5.41, 5.74) is 4.65. The van der Waals surface area contributed by atoms with E-state index in [0.717, 1.165) is 29.7 Å². The number of hydrogen-bond donors (Lipinski definition) is 2. The summed E-state index contributed by atoms with van der Waals surface area (Å²) in [4.78, 5) is 12.4. The molecule has 2 aromatic rings. The van der Waals surface area contributed by atoms with E-state index in [2.05, 4.69) is 15.6 Å². The summed E-state index contributed by atoms with van der Waals surface area (Å²) in [5, 5.41) is 10.4. The fourth-order valence-electron chi connectivity index (χ4n) is 2.68. The molecule has 3 N–H and O–H groups in total. The number of benzene rings is 1. The van der Waals surface area contributed by atoms with Crippen LogP contribution in [0.3, 0.4) is 0 Å². The Balaban J connectivity index is 1.79. The van der Waals surface area contributed by atoms with Crippen LogP contribution in [-0.4, -0.2) is 33.0 Å². The molecule has 0 bridgehead atoms. The standard InChI is InChI=1S/C16H18F3N5O/c1-15(9-20,10-5-6-10)21-14(25)13-8-24(23-22-13)12-4-2-3-11(7-12)16(17,18)19/h2-4,7-8,10H,5-6,9,20H2,1H3,(H,21,25). The van der Waals surface area contributed by atoms with Crippen molar-refractivity contribution in [2.24, 2.45) is 11.7 Å². The van der Waals surface area contributed by atoms with Gasteiger partial charge in [-0.2, -0.15) is 13.2 Å². The van der Waals surface area contributed by atoms with Crippen LogP contribution in [0.15, 0.2) is 30.5 Å². The third-order valence-electron chi connectivity index (χ3n) is 4.47. The molecular weight excluding hydrogens is 335 g/mol. The van der Waals surface area contributed by atoms with Crippen molar-refractivity contribution in [2.45, 2.75) is 31.5 Å². The van der Waals surface area contributed by atoms with Gasteiger partial charge < -0.3 is 11.1 Å². The minimum atomic E-state index is -4.45. The molecule has 1 aromatic carbocycles. The highest BCUT2D eigenvalue weighted by Crippen LogP contribution is 2.39. The maximum absolute atomic E-state index is 12.8. The molecule has 1 aliphatic carbocycles. The Kier molecular flexibility index (Phi) is 4.28. The minimum absolute atomic E-state index is 0.0257. The largest absolute Gasteiger partial charge is 0.416 e. The monoisotopic (exact) mass is 353 g/mol. The zero-order valence-electron chi connectivity index (χ0n) is 13.5. The molecule has 9 heteroatoms. The van der Waals surface area contributed by atoms with Crippen molar-refractivity contribution < 1.29 is 18.0 Å². The second kappa shape index (κ2) is 6.14. The second-order valence-electron chi connectivity index (χ2n) is 6.45. The smallest absolute Gasteiger partial charge is 0.344 e. The highest BCUT2D eigenvalue weighted by molar-refractivity contribution is 5.92. The van der Waals surface area contributed by atoms with Crippen LogP contribution in [0.5, 0.6) is 0 Å². The number of nitrogens with two attached hydrogens (primary N) is 1. The SMILES string of the molecule is CC(CN)(NC(=O)c1cn(-c2cccc(C(F)(F)F)c2)nn1)C1CC1. The lowest BCUT2D eigenvalue weighted by atomic mass is 9.96. The van der Waals surface area contributed by atoms with E-state index >= 15 is 0 Å². The third kappa shape index (κ3) is 3.65. The molecule has 1 saturated carbocycles. The molecule has 0 radical (unpaired) electrons. The van der Waals surface area contributed by atoms with Gasteiger partial charge in [0.2, 0.25) is 0 Å². The van der Waals surface area contributed by atoms with Crippen molar-refractivity contribution in [1.82, 2.24) is 20.3 Å². The molecule has 0 aliphatic heterocycles. The average molecular weight is 353 g/mol. The highest BCUT2D eigenvalue weighted by Gasteiger charge is 2.42. The van der Waals surface area contributed by atoms with Gasteiger partial charge in [0, 0.05) is 6.54 Å². The van der Waals surface area contributed by atoms with Crippen molar-refractivity contribution in [3.63, 3.8) is 0 Å². The Morgan fingerprint density at radius 3 is 2.72 bits per heavy atom. The molecule has 134 valence electrons. The molecule has 1 aliphatic rings. The number of rotatable bonds is 5. The van der Waals surface area contributed by atoms with Gasteiger partial charge in [-0.15, -0.1) is 5.10 Å². The van der Waals surface area contributed by atoms with E-state index in [4.69, 9.17) is 5.73 Å². The molecular formula is C16H18F3N5O. The number of halogens is 3. The van der Waals surface area contributed by atoms with Gasteiger partial charge in [-0.05, 0) is 43.9 Å². The first-order valence-electron chi connectivity index (χ1n) is 7.85. The lowest BCUT2D eigenvalue weighted by Crippen LogP contribution is -2.53. The summed E-state index contributed by atoms with van der Waals surface area (Å²) >= 11 is 0. The van der Waals surface area contributed by atoms with E-state index in [0.29, 0.717) is 12.5 Å². The van der Waals surface area contributed by atoms with E-state index < -0.39 is 23.2 Å². The van der Waals surface area contributed by atoms with Crippen molar-refractivity contribution in [2.75, 3.05) is 6.54 Å². The van der Waals surface area contributed by atoms with E-state index in [9.17, 15) is 18.0 Å². The van der Waals surface area contributed by atoms with E-state index in [1.807, 2.05) is 6.92 Å². The Bertz CT molecular complexity index is 784. The number of nitrogens with one attached hydrogen (secondary N) is 1. The van der Waals surface area contributed by atoms with Crippen LogP contribution in [0.2, 0.25) is 0 Å². The van der Waals surface area contributed by atoms with Gasteiger partial charge in [0.1, 0.15) is 0 Å². The van der Waals surface area contributed by atoms with Gasteiger partial charge in [0.15, 0.2) is 5.69 Å². The zero-order chi connectivity index (χ0) is 18.2. The van der Waals surface area contributed by atoms with Gasteiger partial charge in [-0.1, -0.05) is 11.3 Å². The maximum atomic E-state index is 12.8. The molecule has 1 amide bonds. The number of nitrogens with zero attached hydrogens (tertiary/aromatic N) is 3. The van der Waals surface area contributed by atoms with Gasteiger partial charge in [0.25, 0.3) is 5.91 Å². The fraction of sp³-hybridized carbons (Fsp3) is 0.438. The minimum Gasteiger partial charge on any atom is -0.344 e. The molecule has 1 heterocycles. The molecule has 25 heavy (non-hydrogen) atoms. The quantitative estimate of drug-likeness (QED) is 0.862. The highest BCUT2D eigenvalue weighted by atomic mass is 19.4. The predicted molar refractivity (Wildman–Crippen MR) is 84.0 cm³/mol. The van der Waals surface area contributed by atoms with Gasteiger partial charge in [0.05, 0.1) is 23.0 Å². The van der Waals surface area contributed by atoms with Crippen molar-refractivity contribution in [3.8, 4) is 5.69 Å². The normalized spacial score (nSPS) is 17.2. The van der Waals surface area contributed by atoms with E-state index in [1.165, 1.54) is 18.3 Å². The van der Waals surface area contributed by atoms with Crippen LogP contribution in [-0.2, 0) is 6.18 Å². The van der Waals surface area contributed by atoms with Crippen molar-refractivity contribution >= 4 is 5.91 Å². The topological polar surface area (TPSA) is 85.8 Å². The first kappa shape index (κ1) is 17.4. The first-order valence-corrected chi connectivity index (χ1v) is 7.85. The van der Waals surface area contributed by atoms with Crippen LogP contribution < -0.4 is 11.1 Å². The molecule has 0 saturated heterocycles. The number of aromatic nitrogens is 3. The number of alkyl halides is 3. The van der Waals surface area contributed by atoms with Gasteiger partial charge >= 0.3 is 6.18 Å². The zero-order valence-corrected chi connectivity index (χ0v) is 13.5.